The fourth-order valence-electron chi connectivity index (χ4n) is 2.84. The molecule has 2 heterocycles. The minimum absolute atomic E-state index is 0.546. The number of hydrogen-bond donors (Lipinski definition) is 1. The molecular formula is C14H20N4. The monoisotopic (exact) mass is 244 g/mol. The third-order valence-corrected chi connectivity index (χ3v) is 4.26. The molecule has 1 N–H and O–H groups in total. The second-order valence-electron chi connectivity index (χ2n) is 5.55. The number of anilines is 1. The first kappa shape index (κ1) is 11.5. The minimum Gasteiger partial charge on any atom is -0.366 e. The molecule has 2 aromatic heterocycles. The highest BCUT2D eigenvalue weighted by atomic mass is 15.2. The third-order valence-electron chi connectivity index (χ3n) is 4.26. The van der Waals surface area contributed by atoms with Crippen molar-refractivity contribution in [3.05, 3.63) is 24.7 Å². The highest BCUT2D eigenvalue weighted by molar-refractivity contribution is 5.67. The summed E-state index contributed by atoms with van der Waals surface area (Å²) in [6, 6.07) is 2.55. The summed E-state index contributed by atoms with van der Waals surface area (Å²) in [7, 11) is 0. The lowest BCUT2D eigenvalue weighted by Gasteiger charge is -2.32. The predicted octanol–water partition coefficient (Wildman–Crippen LogP) is 2.97. The van der Waals surface area contributed by atoms with E-state index in [0.717, 1.165) is 23.2 Å². The Kier molecular flexibility index (Phi) is 2.94. The fourth-order valence-corrected chi connectivity index (χ4v) is 2.84. The van der Waals surface area contributed by atoms with Gasteiger partial charge in [0.1, 0.15) is 5.52 Å². The van der Waals surface area contributed by atoms with Crippen LogP contribution in [-0.2, 0) is 0 Å². The van der Waals surface area contributed by atoms with Crippen molar-refractivity contribution in [1.82, 2.24) is 14.6 Å². The summed E-state index contributed by atoms with van der Waals surface area (Å²) in [6.45, 7) is 4.71. The Morgan fingerprint density at radius 2 is 2.11 bits per heavy atom. The first-order valence-electron chi connectivity index (χ1n) is 6.79. The molecule has 96 valence electrons. The number of aromatic nitrogens is 3. The van der Waals surface area contributed by atoms with E-state index in [9.17, 15) is 0 Å². The van der Waals surface area contributed by atoms with Gasteiger partial charge in [-0.05, 0) is 37.2 Å². The zero-order chi connectivity index (χ0) is 12.5. The molecule has 4 heteroatoms. The maximum Gasteiger partial charge on any atom is 0.152 e. The van der Waals surface area contributed by atoms with Crippen molar-refractivity contribution >= 4 is 11.3 Å². The van der Waals surface area contributed by atoms with Gasteiger partial charge < -0.3 is 5.32 Å². The highest BCUT2D eigenvalue weighted by Crippen LogP contribution is 2.31. The van der Waals surface area contributed by atoms with Crippen LogP contribution in [0.25, 0.3) is 5.52 Å². The van der Waals surface area contributed by atoms with Gasteiger partial charge >= 0.3 is 0 Å². The predicted molar refractivity (Wildman–Crippen MR) is 72.6 cm³/mol. The Balaban J connectivity index is 1.78. The van der Waals surface area contributed by atoms with E-state index in [2.05, 4.69) is 29.2 Å². The molecule has 0 radical (unpaired) electrons. The lowest BCUT2D eigenvalue weighted by Crippen LogP contribution is -2.30. The van der Waals surface area contributed by atoms with Gasteiger partial charge in [-0.1, -0.05) is 13.8 Å². The third kappa shape index (κ3) is 2.07. The van der Waals surface area contributed by atoms with Gasteiger partial charge in [-0.15, -0.1) is 0 Å². The quantitative estimate of drug-likeness (QED) is 0.883. The Morgan fingerprint density at radius 1 is 1.22 bits per heavy atom. The average Bonchev–Trinajstić information content (AvgIpc) is 2.83. The molecule has 3 atom stereocenters. The zero-order valence-electron chi connectivity index (χ0n) is 11.0. The molecule has 3 rings (SSSR count). The lowest BCUT2D eigenvalue weighted by atomic mass is 9.79. The van der Waals surface area contributed by atoms with Crippen molar-refractivity contribution < 1.29 is 0 Å². The van der Waals surface area contributed by atoms with Gasteiger partial charge in [0.15, 0.2) is 5.82 Å². The Bertz CT molecular complexity index is 533. The summed E-state index contributed by atoms with van der Waals surface area (Å²) in [6.07, 6.45) is 9.28. The van der Waals surface area contributed by atoms with Gasteiger partial charge in [0, 0.05) is 18.4 Å². The highest BCUT2D eigenvalue weighted by Gasteiger charge is 2.24. The Morgan fingerprint density at radius 3 is 2.94 bits per heavy atom. The van der Waals surface area contributed by atoms with Gasteiger partial charge in [0.05, 0.1) is 6.20 Å². The van der Waals surface area contributed by atoms with Crippen molar-refractivity contribution in [1.29, 1.82) is 0 Å². The van der Waals surface area contributed by atoms with E-state index < -0.39 is 0 Å². The summed E-state index contributed by atoms with van der Waals surface area (Å²) >= 11 is 0. The number of nitrogens with one attached hydrogen (secondary N) is 1. The number of nitrogens with zero attached hydrogens (tertiary/aromatic N) is 3. The molecule has 0 spiro atoms. The molecule has 4 nitrogen and oxygen atoms in total. The number of hydrogen-bond acceptors (Lipinski definition) is 3. The number of fused-ring (bicyclic) bond motifs is 1. The normalized spacial score (nSPS) is 28.4. The van der Waals surface area contributed by atoms with E-state index in [1.54, 1.807) is 6.20 Å². The maximum atomic E-state index is 4.45. The molecule has 0 aliphatic heterocycles. The van der Waals surface area contributed by atoms with E-state index in [1.165, 1.54) is 19.3 Å². The molecule has 0 saturated heterocycles. The topological polar surface area (TPSA) is 42.2 Å². The van der Waals surface area contributed by atoms with Crippen LogP contribution in [0.2, 0.25) is 0 Å². The van der Waals surface area contributed by atoms with Crippen LogP contribution < -0.4 is 5.32 Å². The molecule has 0 aromatic carbocycles. The first-order valence-corrected chi connectivity index (χ1v) is 6.79. The minimum atomic E-state index is 0.546. The summed E-state index contributed by atoms with van der Waals surface area (Å²) in [4.78, 5) is 4.45. The average molecular weight is 244 g/mol. The molecule has 3 unspecified atom stereocenters. The largest absolute Gasteiger partial charge is 0.366 e. The van der Waals surface area contributed by atoms with Gasteiger partial charge in [0.25, 0.3) is 0 Å². The fraction of sp³-hybridized carbons (Fsp3) is 0.571. The van der Waals surface area contributed by atoms with E-state index in [-0.39, 0.29) is 0 Å². The van der Waals surface area contributed by atoms with E-state index in [0.29, 0.717) is 6.04 Å². The number of rotatable bonds is 2. The smallest absolute Gasteiger partial charge is 0.152 e. The van der Waals surface area contributed by atoms with Crippen LogP contribution in [0.5, 0.6) is 0 Å². The van der Waals surface area contributed by atoms with Crippen molar-refractivity contribution in [2.45, 2.75) is 39.2 Å². The second kappa shape index (κ2) is 4.59. The molecule has 0 bridgehead atoms. The van der Waals surface area contributed by atoms with Crippen LogP contribution in [0, 0.1) is 11.8 Å². The van der Waals surface area contributed by atoms with E-state index in [1.807, 2.05) is 23.0 Å². The standard InChI is InChI=1S/C14H20N4/c1-10-3-4-12(9-11(10)2)17-14-13-5-6-16-18(13)8-7-15-14/h5-8,10-12H,3-4,9H2,1-2H3,(H,15,17). The van der Waals surface area contributed by atoms with Crippen molar-refractivity contribution in [3.63, 3.8) is 0 Å². The second-order valence-corrected chi connectivity index (χ2v) is 5.55. The molecule has 1 aliphatic rings. The van der Waals surface area contributed by atoms with Crippen molar-refractivity contribution in [2.24, 2.45) is 11.8 Å². The van der Waals surface area contributed by atoms with Crippen LogP contribution in [0.4, 0.5) is 5.82 Å². The van der Waals surface area contributed by atoms with Gasteiger partial charge in [-0.25, -0.2) is 9.50 Å². The first-order chi connectivity index (χ1) is 8.74. The molecule has 18 heavy (non-hydrogen) atoms. The van der Waals surface area contributed by atoms with Crippen molar-refractivity contribution in [2.75, 3.05) is 5.32 Å². The van der Waals surface area contributed by atoms with Gasteiger partial charge in [-0.2, -0.15) is 5.10 Å². The maximum absolute atomic E-state index is 4.45. The molecule has 0 amide bonds. The van der Waals surface area contributed by atoms with Crippen LogP contribution in [0.15, 0.2) is 24.7 Å². The molecule has 2 aromatic rings. The van der Waals surface area contributed by atoms with Crippen molar-refractivity contribution in [3.8, 4) is 0 Å². The van der Waals surface area contributed by atoms with E-state index in [4.69, 9.17) is 0 Å². The molecule has 1 aliphatic carbocycles. The van der Waals surface area contributed by atoms with Crippen LogP contribution in [0.3, 0.4) is 0 Å². The van der Waals surface area contributed by atoms with Gasteiger partial charge in [0.2, 0.25) is 0 Å². The van der Waals surface area contributed by atoms with Gasteiger partial charge in [-0.3, -0.25) is 0 Å². The zero-order valence-corrected chi connectivity index (χ0v) is 11.0. The summed E-state index contributed by atoms with van der Waals surface area (Å²) in [5, 5.41) is 7.83. The Labute approximate surface area is 107 Å². The van der Waals surface area contributed by atoms with E-state index >= 15 is 0 Å². The van der Waals surface area contributed by atoms with Crippen LogP contribution >= 0.6 is 0 Å². The Hall–Kier alpha value is -1.58. The summed E-state index contributed by atoms with van der Waals surface area (Å²) < 4.78 is 1.87. The van der Waals surface area contributed by atoms with Crippen LogP contribution in [0.1, 0.15) is 33.1 Å². The lowest BCUT2D eigenvalue weighted by molar-refractivity contribution is 0.260. The summed E-state index contributed by atoms with van der Waals surface area (Å²) in [5.41, 5.74) is 1.06. The van der Waals surface area contributed by atoms with Crippen LogP contribution in [-0.4, -0.2) is 20.6 Å². The summed E-state index contributed by atoms with van der Waals surface area (Å²) in [5.74, 6) is 2.60. The molecule has 1 saturated carbocycles. The molecule has 1 fully saturated rings. The SMILES string of the molecule is CC1CCC(Nc2nccn3nccc23)CC1C. The molecular weight excluding hydrogens is 224 g/mol.